The van der Waals surface area contributed by atoms with Crippen molar-refractivity contribution in [1.29, 1.82) is 0 Å². The van der Waals surface area contributed by atoms with Gasteiger partial charge in [-0.05, 0) is 45.8 Å². The van der Waals surface area contributed by atoms with E-state index in [0.717, 1.165) is 33.7 Å². The molecular formula is C15H13BrN2OS. The zero-order valence-electron chi connectivity index (χ0n) is 10.6. The Morgan fingerprint density at radius 1 is 1.15 bits per heavy atom. The molecule has 0 amide bonds. The number of phenols is 1. The van der Waals surface area contributed by atoms with E-state index in [2.05, 4.69) is 32.3 Å². The van der Waals surface area contributed by atoms with Gasteiger partial charge in [0.1, 0.15) is 10.8 Å². The lowest BCUT2D eigenvalue weighted by Gasteiger charge is -2.04. The summed E-state index contributed by atoms with van der Waals surface area (Å²) in [6.07, 6.45) is 0. The highest BCUT2D eigenvalue weighted by atomic mass is 79.9. The van der Waals surface area contributed by atoms with Crippen molar-refractivity contribution in [2.45, 2.75) is 13.1 Å². The molecule has 0 aliphatic heterocycles. The first-order valence-corrected chi connectivity index (χ1v) is 7.86. The molecule has 3 nitrogen and oxygen atoms in total. The minimum Gasteiger partial charge on any atom is -0.507 e. The van der Waals surface area contributed by atoms with Crippen LogP contribution in [0.4, 0.5) is 0 Å². The molecule has 0 radical (unpaired) electrons. The van der Waals surface area contributed by atoms with E-state index in [1.54, 1.807) is 17.4 Å². The van der Waals surface area contributed by atoms with E-state index in [9.17, 15) is 5.11 Å². The van der Waals surface area contributed by atoms with E-state index in [1.165, 1.54) is 4.70 Å². The molecule has 0 aliphatic rings. The van der Waals surface area contributed by atoms with E-state index in [1.807, 2.05) is 30.3 Å². The lowest BCUT2D eigenvalue weighted by molar-refractivity contribution is 0.471. The number of aromatic hydroxyl groups is 1. The third-order valence-electron chi connectivity index (χ3n) is 2.96. The second kappa shape index (κ2) is 5.91. The number of rotatable bonds is 4. The van der Waals surface area contributed by atoms with Crippen LogP contribution in [0.15, 0.2) is 46.9 Å². The second-order valence-corrected chi connectivity index (χ2v) is 6.43. The summed E-state index contributed by atoms with van der Waals surface area (Å²) < 4.78 is 1.94. The van der Waals surface area contributed by atoms with Gasteiger partial charge in [0, 0.05) is 13.1 Å². The number of thiazole rings is 1. The minimum atomic E-state index is 0.264. The molecule has 3 rings (SSSR count). The number of nitrogens with zero attached hydrogens (tertiary/aromatic N) is 1. The highest BCUT2D eigenvalue weighted by Crippen LogP contribution is 2.24. The van der Waals surface area contributed by atoms with Crippen LogP contribution in [0.25, 0.3) is 10.2 Å². The largest absolute Gasteiger partial charge is 0.507 e. The summed E-state index contributed by atoms with van der Waals surface area (Å²) in [6, 6.07) is 13.7. The van der Waals surface area contributed by atoms with Gasteiger partial charge in [-0.1, -0.05) is 18.2 Å². The maximum atomic E-state index is 9.45. The molecule has 0 aliphatic carbocycles. The van der Waals surface area contributed by atoms with Crippen molar-refractivity contribution in [2.24, 2.45) is 0 Å². The molecule has 1 aromatic heterocycles. The van der Waals surface area contributed by atoms with E-state index >= 15 is 0 Å². The molecule has 102 valence electrons. The summed E-state index contributed by atoms with van der Waals surface area (Å²) >= 11 is 5.03. The molecule has 20 heavy (non-hydrogen) atoms. The number of para-hydroxylation sites is 1. The van der Waals surface area contributed by atoms with Crippen molar-refractivity contribution in [3.63, 3.8) is 0 Å². The molecule has 2 aromatic carbocycles. The molecule has 3 aromatic rings. The van der Waals surface area contributed by atoms with Gasteiger partial charge in [0.25, 0.3) is 0 Å². The molecule has 0 saturated heterocycles. The van der Waals surface area contributed by atoms with Crippen LogP contribution in [0.5, 0.6) is 5.75 Å². The topological polar surface area (TPSA) is 45.1 Å². The molecule has 0 saturated carbocycles. The van der Waals surface area contributed by atoms with Crippen LogP contribution in [-0.2, 0) is 13.1 Å². The van der Waals surface area contributed by atoms with Crippen LogP contribution in [-0.4, -0.2) is 10.1 Å². The van der Waals surface area contributed by atoms with E-state index < -0.39 is 0 Å². The fraction of sp³-hybridized carbons (Fsp3) is 0.133. The first-order valence-electron chi connectivity index (χ1n) is 6.25. The third kappa shape index (κ3) is 3.00. The van der Waals surface area contributed by atoms with Gasteiger partial charge >= 0.3 is 0 Å². The van der Waals surface area contributed by atoms with Crippen LogP contribution in [0.3, 0.4) is 0 Å². The zero-order valence-corrected chi connectivity index (χ0v) is 13.0. The molecule has 0 fully saturated rings. The summed E-state index contributed by atoms with van der Waals surface area (Å²) in [5, 5.41) is 13.9. The SMILES string of the molecule is Oc1ccc(CNCc2nc3ccccc3s2)cc1Br. The van der Waals surface area contributed by atoms with Crippen molar-refractivity contribution < 1.29 is 5.11 Å². The predicted octanol–water partition coefficient (Wildman–Crippen LogP) is 4.05. The maximum Gasteiger partial charge on any atom is 0.129 e. The van der Waals surface area contributed by atoms with Gasteiger partial charge in [-0.3, -0.25) is 0 Å². The molecule has 1 heterocycles. The smallest absolute Gasteiger partial charge is 0.129 e. The Bertz CT molecular complexity index is 709. The Morgan fingerprint density at radius 2 is 2.00 bits per heavy atom. The van der Waals surface area contributed by atoms with Gasteiger partial charge < -0.3 is 10.4 Å². The first-order chi connectivity index (χ1) is 9.72. The average molecular weight is 349 g/mol. The third-order valence-corrected chi connectivity index (χ3v) is 4.63. The van der Waals surface area contributed by atoms with Gasteiger partial charge in [-0.2, -0.15) is 0 Å². The summed E-state index contributed by atoms with van der Waals surface area (Å²) in [6.45, 7) is 1.49. The molecule has 2 N–H and O–H groups in total. The van der Waals surface area contributed by atoms with E-state index in [0.29, 0.717) is 0 Å². The Labute approximate surface area is 129 Å². The maximum absolute atomic E-state index is 9.45. The fourth-order valence-electron chi connectivity index (χ4n) is 1.97. The van der Waals surface area contributed by atoms with Crippen LogP contribution in [0.2, 0.25) is 0 Å². The number of hydrogen-bond donors (Lipinski definition) is 2. The number of halogens is 1. The van der Waals surface area contributed by atoms with Crippen LogP contribution in [0.1, 0.15) is 10.6 Å². The van der Waals surface area contributed by atoms with Crippen LogP contribution in [0, 0.1) is 0 Å². The monoisotopic (exact) mass is 348 g/mol. The fourth-order valence-corrected chi connectivity index (χ4v) is 3.33. The van der Waals surface area contributed by atoms with Gasteiger partial charge in [0.2, 0.25) is 0 Å². The summed E-state index contributed by atoms with van der Waals surface area (Å²) in [5.41, 5.74) is 2.18. The summed E-state index contributed by atoms with van der Waals surface area (Å²) in [7, 11) is 0. The summed E-state index contributed by atoms with van der Waals surface area (Å²) in [5.74, 6) is 0.264. The number of nitrogens with one attached hydrogen (secondary N) is 1. The van der Waals surface area contributed by atoms with E-state index in [-0.39, 0.29) is 5.75 Å². The lowest BCUT2D eigenvalue weighted by atomic mass is 10.2. The van der Waals surface area contributed by atoms with Gasteiger partial charge in [0.15, 0.2) is 0 Å². The predicted molar refractivity (Wildman–Crippen MR) is 86.0 cm³/mol. The van der Waals surface area contributed by atoms with Crippen molar-refractivity contribution in [3.05, 3.63) is 57.5 Å². The normalized spacial score (nSPS) is 11.1. The van der Waals surface area contributed by atoms with E-state index in [4.69, 9.17) is 0 Å². The molecule has 0 spiro atoms. The number of hydrogen-bond acceptors (Lipinski definition) is 4. The molecule has 0 bridgehead atoms. The van der Waals surface area contributed by atoms with Gasteiger partial charge in [-0.25, -0.2) is 4.98 Å². The number of phenolic OH excluding ortho intramolecular Hbond substituents is 1. The molecule has 0 atom stereocenters. The van der Waals surface area contributed by atoms with Crippen molar-refractivity contribution in [2.75, 3.05) is 0 Å². The highest BCUT2D eigenvalue weighted by molar-refractivity contribution is 9.10. The van der Waals surface area contributed by atoms with Crippen molar-refractivity contribution in [1.82, 2.24) is 10.3 Å². The van der Waals surface area contributed by atoms with Crippen molar-refractivity contribution in [3.8, 4) is 5.75 Å². The Kier molecular flexibility index (Phi) is 4.00. The van der Waals surface area contributed by atoms with Crippen LogP contribution >= 0.6 is 27.3 Å². The Morgan fingerprint density at radius 3 is 2.80 bits per heavy atom. The molecule has 5 heteroatoms. The van der Waals surface area contributed by atoms with Gasteiger partial charge in [0.05, 0.1) is 14.7 Å². The van der Waals surface area contributed by atoms with Gasteiger partial charge in [-0.15, -0.1) is 11.3 Å². The standard InChI is InChI=1S/C15H13BrN2OS/c16-11-7-10(5-6-13(11)19)8-17-9-15-18-12-3-1-2-4-14(12)20-15/h1-7,17,19H,8-9H2. The summed E-state index contributed by atoms with van der Waals surface area (Å²) in [4.78, 5) is 4.58. The lowest BCUT2D eigenvalue weighted by Crippen LogP contribution is -2.12. The highest BCUT2D eigenvalue weighted by Gasteiger charge is 2.03. The zero-order chi connectivity index (χ0) is 13.9. The number of benzene rings is 2. The Hall–Kier alpha value is -1.43. The number of aromatic nitrogens is 1. The number of fused-ring (bicyclic) bond motifs is 1. The molecule has 0 unspecified atom stereocenters. The molecular weight excluding hydrogens is 336 g/mol. The first kappa shape index (κ1) is 13.5. The van der Waals surface area contributed by atoms with Crippen LogP contribution < -0.4 is 5.32 Å². The Balaban J connectivity index is 1.63. The van der Waals surface area contributed by atoms with Crippen molar-refractivity contribution >= 4 is 37.5 Å². The minimum absolute atomic E-state index is 0.264. The second-order valence-electron chi connectivity index (χ2n) is 4.46. The average Bonchev–Trinajstić information content (AvgIpc) is 2.85. The quantitative estimate of drug-likeness (QED) is 0.747.